The van der Waals surface area contributed by atoms with Crippen LogP contribution >= 0.6 is 15.9 Å². The molecule has 3 rings (SSSR count). The van der Waals surface area contributed by atoms with Crippen molar-refractivity contribution < 1.29 is 22.4 Å². The number of amides is 2. The van der Waals surface area contributed by atoms with Crippen LogP contribution in [0.2, 0.25) is 0 Å². The molecule has 0 atom stereocenters. The van der Waals surface area contributed by atoms with Crippen molar-refractivity contribution in [2.45, 2.75) is 17.7 Å². The molecule has 7 nitrogen and oxygen atoms in total. The highest BCUT2D eigenvalue weighted by Crippen LogP contribution is 2.30. The fourth-order valence-electron chi connectivity index (χ4n) is 3.11. The second kappa shape index (κ2) is 8.60. The van der Waals surface area contributed by atoms with Gasteiger partial charge in [0.15, 0.2) is 0 Å². The van der Waals surface area contributed by atoms with Crippen LogP contribution in [0.1, 0.15) is 22.3 Å². The van der Waals surface area contributed by atoms with E-state index in [0.717, 1.165) is 11.6 Å². The van der Waals surface area contributed by atoms with Gasteiger partial charge in [-0.3, -0.25) is 9.59 Å². The lowest BCUT2D eigenvalue weighted by Crippen LogP contribution is -2.33. The second-order valence-electron chi connectivity index (χ2n) is 6.42. The Morgan fingerprint density at radius 3 is 2.69 bits per heavy atom. The minimum Gasteiger partial charge on any atom is -0.351 e. The number of fused-ring (bicyclic) bond motifs is 1. The highest BCUT2D eigenvalue weighted by Gasteiger charge is 2.26. The topological polar surface area (TPSA) is 95.6 Å². The molecular formula is C19H19BrFN3O4S. The van der Waals surface area contributed by atoms with Gasteiger partial charge in [0.05, 0.1) is 10.5 Å². The second-order valence-corrected chi connectivity index (χ2v) is 9.16. The number of benzene rings is 2. The molecule has 0 saturated carbocycles. The maximum absolute atomic E-state index is 13.3. The monoisotopic (exact) mass is 483 g/mol. The lowest BCUT2D eigenvalue weighted by atomic mass is 10.2. The minimum absolute atomic E-state index is 0.0642. The maximum atomic E-state index is 13.3. The molecule has 0 spiro atoms. The Labute approximate surface area is 176 Å². The minimum atomic E-state index is -3.55. The number of carbonyl (C=O) groups excluding carboxylic acids is 2. The van der Waals surface area contributed by atoms with Crippen LogP contribution in [0.4, 0.5) is 10.1 Å². The number of halogens is 2. The van der Waals surface area contributed by atoms with Crippen molar-refractivity contribution in [2.75, 3.05) is 25.0 Å². The fourth-order valence-corrected chi connectivity index (χ4v) is 4.31. The van der Waals surface area contributed by atoms with Crippen LogP contribution in [-0.2, 0) is 21.2 Å². The molecule has 2 aromatic rings. The molecule has 0 aliphatic carbocycles. The molecule has 0 fully saturated rings. The van der Waals surface area contributed by atoms with Gasteiger partial charge >= 0.3 is 0 Å². The van der Waals surface area contributed by atoms with Gasteiger partial charge in [0.1, 0.15) is 5.82 Å². The van der Waals surface area contributed by atoms with Gasteiger partial charge in [0.25, 0.3) is 5.91 Å². The number of rotatable bonds is 6. The third kappa shape index (κ3) is 4.65. The van der Waals surface area contributed by atoms with Gasteiger partial charge in [-0.2, -0.15) is 0 Å². The van der Waals surface area contributed by atoms with E-state index in [1.54, 1.807) is 17.0 Å². The molecule has 1 aliphatic rings. The molecule has 10 heteroatoms. The molecule has 0 bridgehead atoms. The van der Waals surface area contributed by atoms with Gasteiger partial charge in [-0.05, 0) is 71.4 Å². The van der Waals surface area contributed by atoms with E-state index >= 15 is 0 Å². The summed E-state index contributed by atoms with van der Waals surface area (Å²) in [5.74, 6) is -1.19. The SMILES string of the molecule is CNS(=O)(=O)c1ccc2c(c1)CCN2C(=O)CCNC(=O)c1cc(F)ccc1Br. The Hall–Kier alpha value is -2.30. The van der Waals surface area contributed by atoms with Crippen molar-refractivity contribution >= 4 is 43.5 Å². The number of anilines is 1. The molecule has 154 valence electrons. The lowest BCUT2D eigenvalue weighted by molar-refractivity contribution is -0.118. The van der Waals surface area contributed by atoms with Crippen LogP contribution in [0.3, 0.4) is 0 Å². The summed E-state index contributed by atoms with van der Waals surface area (Å²) in [6.07, 6.45) is 0.616. The highest BCUT2D eigenvalue weighted by atomic mass is 79.9. The average Bonchev–Trinajstić information content (AvgIpc) is 3.13. The fraction of sp³-hybridized carbons (Fsp3) is 0.263. The van der Waals surface area contributed by atoms with Gasteiger partial charge < -0.3 is 10.2 Å². The summed E-state index contributed by atoms with van der Waals surface area (Å²) in [5, 5.41) is 2.61. The van der Waals surface area contributed by atoms with Gasteiger partial charge in [-0.25, -0.2) is 17.5 Å². The van der Waals surface area contributed by atoms with E-state index in [0.29, 0.717) is 23.1 Å². The number of hydrogen-bond donors (Lipinski definition) is 2. The van der Waals surface area contributed by atoms with E-state index in [1.807, 2.05) is 0 Å². The van der Waals surface area contributed by atoms with Gasteiger partial charge in [-0.15, -0.1) is 0 Å². The zero-order valence-electron chi connectivity index (χ0n) is 15.5. The summed E-state index contributed by atoms with van der Waals surface area (Å²) in [6, 6.07) is 8.44. The summed E-state index contributed by atoms with van der Waals surface area (Å²) in [6.45, 7) is 0.541. The Morgan fingerprint density at radius 1 is 1.21 bits per heavy atom. The Balaban J connectivity index is 1.62. The Morgan fingerprint density at radius 2 is 1.97 bits per heavy atom. The molecule has 0 aromatic heterocycles. The van der Waals surface area contributed by atoms with Crippen LogP contribution in [-0.4, -0.2) is 40.4 Å². The van der Waals surface area contributed by atoms with Gasteiger partial charge in [0, 0.05) is 29.7 Å². The molecular weight excluding hydrogens is 465 g/mol. The lowest BCUT2D eigenvalue weighted by Gasteiger charge is -2.18. The van der Waals surface area contributed by atoms with E-state index < -0.39 is 21.7 Å². The van der Waals surface area contributed by atoms with Crippen LogP contribution in [0.15, 0.2) is 45.8 Å². The summed E-state index contributed by atoms with van der Waals surface area (Å²) >= 11 is 3.20. The molecule has 2 amide bonds. The van der Waals surface area contributed by atoms with E-state index in [1.165, 1.54) is 25.2 Å². The van der Waals surface area contributed by atoms with E-state index in [9.17, 15) is 22.4 Å². The Bertz CT molecular complexity index is 1080. The summed E-state index contributed by atoms with van der Waals surface area (Å²) in [7, 11) is -2.20. The smallest absolute Gasteiger partial charge is 0.252 e. The zero-order valence-corrected chi connectivity index (χ0v) is 17.9. The van der Waals surface area contributed by atoms with Crippen LogP contribution in [0.5, 0.6) is 0 Å². The van der Waals surface area contributed by atoms with Crippen molar-refractivity contribution in [1.82, 2.24) is 10.0 Å². The molecule has 1 heterocycles. The molecule has 2 N–H and O–H groups in total. The van der Waals surface area contributed by atoms with Gasteiger partial charge in [0.2, 0.25) is 15.9 Å². The number of carbonyl (C=O) groups is 2. The predicted octanol–water partition coefficient (Wildman–Crippen LogP) is 2.21. The predicted molar refractivity (Wildman–Crippen MR) is 110 cm³/mol. The number of hydrogen-bond acceptors (Lipinski definition) is 4. The largest absolute Gasteiger partial charge is 0.351 e. The first-order valence-corrected chi connectivity index (χ1v) is 11.1. The maximum Gasteiger partial charge on any atom is 0.252 e. The molecule has 29 heavy (non-hydrogen) atoms. The van der Waals surface area contributed by atoms with E-state index in [4.69, 9.17) is 0 Å². The third-order valence-electron chi connectivity index (χ3n) is 4.62. The van der Waals surface area contributed by atoms with Crippen molar-refractivity contribution in [3.05, 3.63) is 57.8 Å². The van der Waals surface area contributed by atoms with Crippen molar-refractivity contribution in [3.8, 4) is 0 Å². The molecule has 0 saturated heterocycles. The molecule has 0 radical (unpaired) electrons. The summed E-state index contributed by atoms with van der Waals surface area (Å²) < 4.78 is 39.9. The highest BCUT2D eigenvalue weighted by molar-refractivity contribution is 9.10. The average molecular weight is 484 g/mol. The van der Waals surface area contributed by atoms with E-state index in [2.05, 4.69) is 26.0 Å². The normalized spacial score (nSPS) is 13.3. The Kier molecular flexibility index (Phi) is 6.35. The zero-order chi connectivity index (χ0) is 21.2. The molecule has 0 unspecified atom stereocenters. The molecule has 2 aromatic carbocycles. The van der Waals surface area contributed by atoms with Crippen molar-refractivity contribution in [2.24, 2.45) is 0 Å². The van der Waals surface area contributed by atoms with Crippen LogP contribution in [0, 0.1) is 5.82 Å². The number of nitrogens with one attached hydrogen (secondary N) is 2. The number of sulfonamides is 1. The first-order valence-electron chi connectivity index (χ1n) is 8.83. The molecule has 1 aliphatic heterocycles. The number of nitrogens with zero attached hydrogens (tertiary/aromatic N) is 1. The van der Waals surface area contributed by atoms with Crippen LogP contribution < -0.4 is 14.9 Å². The first kappa shape index (κ1) is 21.4. The first-order chi connectivity index (χ1) is 13.7. The third-order valence-corrected chi connectivity index (χ3v) is 6.73. The summed E-state index contributed by atoms with van der Waals surface area (Å²) in [4.78, 5) is 26.5. The van der Waals surface area contributed by atoms with Gasteiger partial charge in [-0.1, -0.05) is 0 Å². The standard InChI is InChI=1S/C19H19BrFN3O4S/c1-22-29(27,28)14-3-5-17-12(10-14)7-9-24(17)18(25)6-8-23-19(26)15-11-13(21)2-4-16(15)20/h2-5,10-11,22H,6-9H2,1H3,(H,23,26). The van der Waals surface area contributed by atoms with Crippen molar-refractivity contribution in [1.29, 1.82) is 0 Å². The van der Waals surface area contributed by atoms with E-state index in [-0.39, 0.29) is 29.3 Å². The summed E-state index contributed by atoms with van der Waals surface area (Å²) in [5.41, 5.74) is 1.61. The van der Waals surface area contributed by atoms with Crippen molar-refractivity contribution in [3.63, 3.8) is 0 Å². The quantitative estimate of drug-likeness (QED) is 0.658. The van der Waals surface area contributed by atoms with Crippen LogP contribution in [0.25, 0.3) is 0 Å².